The first-order chi connectivity index (χ1) is 4.50. The van der Waals surface area contributed by atoms with Gasteiger partial charge in [0.15, 0.2) is 0 Å². The second-order valence-corrected chi connectivity index (χ2v) is 3.65. The fraction of sp³-hybridized carbons (Fsp3) is 0.333. The molecule has 0 aliphatic carbocycles. The van der Waals surface area contributed by atoms with E-state index in [0.717, 1.165) is 4.20 Å². The van der Waals surface area contributed by atoms with E-state index in [-0.39, 0.29) is 63.8 Å². The molecule has 2 N–H and O–H groups in total. The molecule has 0 aliphatic heterocycles. The van der Waals surface area contributed by atoms with Gasteiger partial charge in [0.1, 0.15) is 0 Å². The Hall–Kier alpha value is 1.28. The first kappa shape index (κ1) is 12.3. The number of hydrogen-bond donors (Lipinski definition) is 2. The standard InChI is InChI=1S/C3H5BN3O2S.Rb/c1-10(8,9)7-5-2-3(4)6-7;/h8-9H,1H3;/q-1;+1. The van der Waals surface area contributed by atoms with Crippen LogP contribution in [0, 0.1) is 6.20 Å². The molecular formula is C3H5BN3O2RbS. The maximum absolute atomic E-state index is 8.90. The Balaban J connectivity index is 0.000001000. The third kappa shape index (κ3) is 3.67. The molecular weight excluding hydrogens is 238 g/mol. The smallest absolute Gasteiger partial charge is 0.354 e. The predicted molar refractivity (Wildman–Crippen MR) is 38.4 cm³/mol. The molecule has 1 aromatic heterocycles. The molecule has 2 radical (unpaired) electrons. The fourth-order valence-electron chi connectivity index (χ4n) is 0.386. The molecule has 0 fully saturated rings. The van der Waals surface area contributed by atoms with Gasteiger partial charge in [-0.15, -0.1) is 9.80 Å². The minimum absolute atomic E-state index is 0. The van der Waals surface area contributed by atoms with E-state index in [1.54, 1.807) is 0 Å². The molecule has 0 unspecified atom stereocenters. The van der Waals surface area contributed by atoms with Crippen molar-refractivity contribution in [1.29, 1.82) is 0 Å². The van der Waals surface area contributed by atoms with Gasteiger partial charge in [-0.05, 0) is 0 Å². The molecule has 0 saturated heterocycles. The SMILES string of the molecule is [B]c1[c-]nn(S(C)(O)O)n1.[Rb+]. The van der Waals surface area contributed by atoms with Crippen molar-refractivity contribution in [2.45, 2.75) is 0 Å². The molecule has 0 atom stereocenters. The van der Waals surface area contributed by atoms with E-state index in [4.69, 9.17) is 17.0 Å². The van der Waals surface area contributed by atoms with Crippen LogP contribution >= 0.6 is 10.8 Å². The van der Waals surface area contributed by atoms with Crippen molar-refractivity contribution in [3.8, 4) is 0 Å². The van der Waals surface area contributed by atoms with E-state index in [1.807, 2.05) is 0 Å². The van der Waals surface area contributed by atoms with Crippen molar-refractivity contribution in [2.75, 3.05) is 6.26 Å². The molecule has 0 aromatic carbocycles. The van der Waals surface area contributed by atoms with E-state index < -0.39 is 10.8 Å². The summed E-state index contributed by atoms with van der Waals surface area (Å²) in [7, 11) is 2.22. The molecule has 11 heavy (non-hydrogen) atoms. The summed E-state index contributed by atoms with van der Waals surface area (Å²) in [5.74, 6) is 0. The number of hydrogen-bond acceptors (Lipinski definition) is 4. The molecule has 0 amide bonds. The molecule has 0 bridgehead atoms. The number of aromatic nitrogens is 3. The summed E-state index contributed by atoms with van der Waals surface area (Å²) in [6.07, 6.45) is 3.45. The molecule has 1 aromatic rings. The van der Waals surface area contributed by atoms with E-state index >= 15 is 0 Å². The van der Waals surface area contributed by atoms with Crippen molar-refractivity contribution in [1.82, 2.24) is 14.4 Å². The van der Waals surface area contributed by atoms with Crippen LogP contribution in [0.1, 0.15) is 0 Å². The van der Waals surface area contributed by atoms with Gasteiger partial charge < -0.3 is 11.3 Å². The Labute approximate surface area is 116 Å². The van der Waals surface area contributed by atoms with Crippen molar-refractivity contribution in [2.24, 2.45) is 0 Å². The molecule has 0 spiro atoms. The fourth-order valence-corrected chi connectivity index (χ4v) is 0.824. The summed E-state index contributed by atoms with van der Waals surface area (Å²) in [5.41, 5.74) is 0.0434. The van der Waals surface area contributed by atoms with Crippen LogP contribution in [0.3, 0.4) is 0 Å². The van der Waals surface area contributed by atoms with E-state index in [1.165, 1.54) is 6.26 Å². The summed E-state index contributed by atoms with van der Waals surface area (Å²) in [6.45, 7) is 0. The van der Waals surface area contributed by atoms with Crippen molar-refractivity contribution < 1.29 is 67.3 Å². The Morgan fingerprint density at radius 2 is 2.18 bits per heavy atom. The summed E-state index contributed by atoms with van der Waals surface area (Å²) in [5, 5.41) is 6.83. The monoisotopic (exact) mass is 243 g/mol. The second-order valence-electron chi connectivity index (χ2n) is 1.74. The van der Waals surface area contributed by atoms with Crippen LogP contribution in [-0.4, -0.2) is 37.6 Å². The van der Waals surface area contributed by atoms with Crippen LogP contribution in [0.25, 0.3) is 0 Å². The van der Waals surface area contributed by atoms with Gasteiger partial charge in [-0.1, -0.05) is 10.8 Å². The maximum Gasteiger partial charge on any atom is 1.00 e. The zero-order valence-electron chi connectivity index (χ0n) is 6.22. The zero-order chi connectivity index (χ0) is 7.78. The van der Waals surface area contributed by atoms with Gasteiger partial charge in [-0.25, -0.2) is 0 Å². The van der Waals surface area contributed by atoms with Gasteiger partial charge >= 0.3 is 58.2 Å². The van der Waals surface area contributed by atoms with E-state index in [0.29, 0.717) is 0 Å². The summed E-state index contributed by atoms with van der Waals surface area (Å²) in [6, 6.07) is 0. The Bertz CT molecular complexity index is 237. The summed E-state index contributed by atoms with van der Waals surface area (Å²) < 4.78 is 18.5. The maximum atomic E-state index is 8.90. The van der Waals surface area contributed by atoms with Gasteiger partial charge in [0, 0.05) is 0 Å². The summed E-state index contributed by atoms with van der Waals surface area (Å²) >= 11 is 0. The molecule has 0 aliphatic rings. The van der Waals surface area contributed by atoms with Gasteiger partial charge in [-0.2, -0.15) is 5.10 Å². The molecule has 8 heteroatoms. The van der Waals surface area contributed by atoms with Crippen LogP contribution < -0.4 is 63.8 Å². The summed E-state index contributed by atoms with van der Waals surface area (Å²) in [4.78, 5) is 0. The topological polar surface area (TPSA) is 71.2 Å². The number of rotatable bonds is 1. The second kappa shape index (κ2) is 4.50. The minimum Gasteiger partial charge on any atom is -0.354 e. The van der Waals surface area contributed by atoms with Crippen LogP contribution in [0.4, 0.5) is 0 Å². The third-order valence-corrected chi connectivity index (χ3v) is 1.53. The quantitative estimate of drug-likeness (QED) is 0.390. The van der Waals surface area contributed by atoms with Gasteiger partial charge in [0.25, 0.3) is 0 Å². The van der Waals surface area contributed by atoms with Gasteiger partial charge in [-0.3, -0.25) is 9.11 Å². The largest absolute Gasteiger partial charge is 1.00 e. The zero-order valence-corrected chi connectivity index (χ0v) is 12.0. The average molecular weight is 243 g/mol. The average Bonchev–Trinajstić information content (AvgIpc) is 2.11. The molecule has 1 heterocycles. The van der Waals surface area contributed by atoms with Crippen LogP contribution in [-0.2, 0) is 0 Å². The van der Waals surface area contributed by atoms with Gasteiger partial charge in [0.2, 0.25) is 0 Å². The molecule has 0 saturated carbocycles. The van der Waals surface area contributed by atoms with Crippen LogP contribution in [0.5, 0.6) is 0 Å². The predicted octanol–water partition coefficient (Wildman–Crippen LogP) is -3.98. The Kier molecular flexibility index (Phi) is 5.02. The molecule has 1 rings (SSSR count). The van der Waals surface area contributed by atoms with Crippen molar-refractivity contribution >= 4 is 24.2 Å². The number of nitrogens with zero attached hydrogens (tertiary/aromatic N) is 3. The third-order valence-electron chi connectivity index (χ3n) is 0.753. The Morgan fingerprint density at radius 3 is 2.36 bits per heavy atom. The van der Waals surface area contributed by atoms with E-state index in [2.05, 4.69) is 16.4 Å². The first-order valence-electron chi connectivity index (χ1n) is 2.34. The van der Waals surface area contributed by atoms with Crippen LogP contribution in [0.2, 0.25) is 0 Å². The Morgan fingerprint density at radius 1 is 1.64 bits per heavy atom. The normalized spacial score (nSPS) is 12.3. The van der Waals surface area contributed by atoms with Crippen molar-refractivity contribution in [3.05, 3.63) is 6.20 Å². The van der Waals surface area contributed by atoms with Crippen LogP contribution in [0.15, 0.2) is 0 Å². The molecule has 5 nitrogen and oxygen atoms in total. The van der Waals surface area contributed by atoms with E-state index in [9.17, 15) is 0 Å². The molecule has 54 valence electrons. The van der Waals surface area contributed by atoms with Gasteiger partial charge in [0.05, 0.1) is 14.1 Å². The van der Waals surface area contributed by atoms with Crippen molar-refractivity contribution in [3.63, 3.8) is 0 Å². The first-order valence-corrected chi connectivity index (χ1v) is 4.25. The minimum atomic E-state index is -2.90.